The van der Waals surface area contributed by atoms with Crippen molar-refractivity contribution < 1.29 is 38.2 Å². The highest BCUT2D eigenvalue weighted by atomic mass is 16.5. The minimum Gasteiger partial charge on any atom is -0.450 e. The van der Waals surface area contributed by atoms with Gasteiger partial charge < -0.3 is 40.4 Å². The Hall–Kier alpha value is -7.16. The van der Waals surface area contributed by atoms with E-state index in [9.17, 15) is 28.8 Å². The smallest absolute Gasteiger partial charge is 0.408 e. The van der Waals surface area contributed by atoms with Crippen LogP contribution in [0.15, 0.2) is 109 Å². The number of hydrogen-bond acceptors (Lipinski definition) is 9. The van der Waals surface area contributed by atoms with Crippen LogP contribution in [0.1, 0.15) is 119 Å². The molecule has 2 aliphatic heterocycles. The molecule has 4 atom stereocenters. The number of alkyl carbamates (subject to hydrolysis) is 1. The van der Waals surface area contributed by atoms with Gasteiger partial charge in [0.25, 0.3) is 5.91 Å². The fourth-order valence-corrected chi connectivity index (χ4v) is 11.6. The number of ether oxygens (including phenoxy) is 2. The normalized spacial score (nSPS) is 18.4. The summed E-state index contributed by atoms with van der Waals surface area (Å²) in [7, 11) is 3.71. The van der Waals surface area contributed by atoms with E-state index < -0.39 is 24.2 Å². The van der Waals surface area contributed by atoms with Crippen molar-refractivity contribution in [2.45, 2.75) is 134 Å². The summed E-state index contributed by atoms with van der Waals surface area (Å²) in [5.41, 5.74) is 13.3. The highest BCUT2D eigenvalue weighted by molar-refractivity contribution is 6.00. The van der Waals surface area contributed by atoms with Gasteiger partial charge in [-0.3, -0.25) is 24.1 Å². The quantitative estimate of drug-likeness (QED) is 0.0701. The Kier molecular flexibility index (Phi) is 19.6. The number of amides is 5. The molecule has 2 aliphatic carbocycles. The van der Waals surface area contributed by atoms with Crippen LogP contribution in [-0.2, 0) is 63.5 Å². The molecule has 14 nitrogen and oxygen atoms in total. The van der Waals surface area contributed by atoms with Gasteiger partial charge in [0, 0.05) is 31.6 Å². The number of nitrogens with zero attached hydrogens (tertiary/aromatic N) is 2. The molecule has 0 radical (unpaired) electrons. The first-order valence-electron chi connectivity index (χ1n) is 27.3. The second kappa shape index (κ2) is 26.3. The van der Waals surface area contributed by atoms with Crippen LogP contribution >= 0.6 is 0 Å². The van der Waals surface area contributed by atoms with Gasteiger partial charge in [-0.1, -0.05) is 113 Å². The maximum absolute atomic E-state index is 14.2. The lowest BCUT2D eigenvalue weighted by molar-refractivity contribution is -0.138. The van der Waals surface area contributed by atoms with Crippen LogP contribution in [0.4, 0.5) is 16.2 Å². The maximum Gasteiger partial charge on any atom is 0.408 e. The minimum absolute atomic E-state index is 0.0565. The number of benzene rings is 5. The van der Waals surface area contributed by atoms with Crippen LogP contribution in [-0.4, -0.2) is 105 Å². The molecule has 408 valence electrons. The van der Waals surface area contributed by atoms with Crippen LogP contribution in [0.5, 0.6) is 0 Å². The Balaban J connectivity index is 0.000000434. The molecule has 5 aromatic rings. The van der Waals surface area contributed by atoms with Crippen LogP contribution in [0.2, 0.25) is 0 Å². The van der Waals surface area contributed by atoms with Gasteiger partial charge in [0.05, 0.1) is 18.7 Å². The summed E-state index contributed by atoms with van der Waals surface area (Å²) in [6.07, 6.45) is 8.19. The molecular formula is C63H78N6O8. The van der Waals surface area contributed by atoms with E-state index in [0.29, 0.717) is 43.5 Å². The monoisotopic (exact) mass is 1050 g/mol. The molecule has 4 unspecified atom stereocenters. The topological polar surface area (TPSA) is 175 Å². The maximum atomic E-state index is 14.2. The molecule has 9 rings (SSSR count). The average Bonchev–Trinajstić information content (AvgIpc) is 4.45. The van der Waals surface area contributed by atoms with Crippen molar-refractivity contribution in [3.63, 3.8) is 0 Å². The van der Waals surface area contributed by atoms with E-state index in [0.717, 1.165) is 80.3 Å². The SMILES string of the molecule is CCOC.CCOC(=O)NC(C(=O)N1CCCC1C(=O)Nc1cccc(-c2c3c(c(-c4cccc(NC(=O)C5CCCN5C)c4)c4c2C(C)(C)CC4)C(C)(C)CC3)c1)c1ccccc1.O=CNC(C=O)Cc1ccccc1. The number of hydrogen-bond donors (Lipinski definition) is 4. The first-order valence-corrected chi connectivity index (χ1v) is 27.3. The fraction of sp³-hybridized carbons (Fsp3) is 0.429. The minimum atomic E-state index is -0.984. The van der Waals surface area contributed by atoms with Gasteiger partial charge in [-0.2, -0.15) is 0 Å². The molecule has 14 heteroatoms. The van der Waals surface area contributed by atoms with Crippen LogP contribution in [0, 0.1) is 0 Å². The third kappa shape index (κ3) is 13.7. The molecule has 2 saturated heterocycles. The Morgan fingerprint density at radius 3 is 1.70 bits per heavy atom. The Morgan fingerprint density at radius 2 is 1.21 bits per heavy atom. The second-order valence-corrected chi connectivity index (χ2v) is 21.7. The Morgan fingerprint density at radius 1 is 0.688 bits per heavy atom. The molecule has 5 aromatic carbocycles. The van der Waals surface area contributed by atoms with E-state index in [-0.39, 0.29) is 41.2 Å². The molecule has 2 heterocycles. The summed E-state index contributed by atoms with van der Waals surface area (Å²) < 4.78 is 9.68. The molecule has 4 N–H and O–H groups in total. The van der Waals surface area contributed by atoms with Crippen LogP contribution in [0.25, 0.3) is 22.3 Å². The number of fused-ring (bicyclic) bond motifs is 2. The van der Waals surface area contributed by atoms with E-state index in [2.05, 4.69) is 88.9 Å². The number of nitrogens with one attached hydrogen (secondary N) is 4. The predicted molar refractivity (Wildman–Crippen MR) is 304 cm³/mol. The van der Waals surface area contributed by atoms with Gasteiger partial charge >= 0.3 is 6.09 Å². The van der Waals surface area contributed by atoms with Crippen LogP contribution in [0.3, 0.4) is 0 Å². The molecule has 0 saturated carbocycles. The van der Waals surface area contributed by atoms with Crippen molar-refractivity contribution in [2.75, 3.05) is 51.1 Å². The third-order valence-electron chi connectivity index (χ3n) is 15.5. The van der Waals surface area contributed by atoms with Gasteiger partial charge in [-0.15, -0.1) is 0 Å². The van der Waals surface area contributed by atoms with Gasteiger partial charge in [0.15, 0.2) is 0 Å². The lowest BCUT2D eigenvalue weighted by Crippen LogP contribution is -2.48. The highest BCUT2D eigenvalue weighted by Gasteiger charge is 2.44. The van der Waals surface area contributed by atoms with Crippen molar-refractivity contribution in [1.82, 2.24) is 20.4 Å². The molecule has 0 bridgehead atoms. The lowest BCUT2D eigenvalue weighted by atomic mass is 9.73. The molecule has 0 spiro atoms. The number of rotatable bonds is 16. The number of aldehydes is 1. The molecular weight excluding hydrogens is 969 g/mol. The zero-order valence-electron chi connectivity index (χ0n) is 46.2. The molecule has 5 amide bonds. The number of carbonyl (C=O) groups is 6. The molecule has 0 aromatic heterocycles. The third-order valence-corrected chi connectivity index (χ3v) is 15.5. The van der Waals surface area contributed by atoms with Gasteiger partial charge in [-0.05, 0) is 176 Å². The summed E-state index contributed by atoms with van der Waals surface area (Å²) in [6.45, 7) is 15.4. The average molecular weight is 1050 g/mol. The van der Waals surface area contributed by atoms with Gasteiger partial charge in [0.1, 0.15) is 18.4 Å². The second-order valence-electron chi connectivity index (χ2n) is 21.7. The molecule has 2 fully saturated rings. The summed E-state index contributed by atoms with van der Waals surface area (Å²) in [5.74, 6) is -0.535. The van der Waals surface area contributed by atoms with Crippen molar-refractivity contribution >= 4 is 47.9 Å². The number of likely N-dealkylation sites (tertiary alicyclic amines) is 2. The number of anilines is 2. The van der Waals surface area contributed by atoms with Gasteiger partial charge in [-0.25, -0.2) is 4.79 Å². The zero-order valence-corrected chi connectivity index (χ0v) is 46.2. The first kappa shape index (κ1) is 57.5. The summed E-state index contributed by atoms with van der Waals surface area (Å²) >= 11 is 0. The predicted octanol–water partition coefficient (Wildman–Crippen LogP) is 10.1. The summed E-state index contributed by atoms with van der Waals surface area (Å²) in [4.78, 5) is 78.5. The fourth-order valence-electron chi connectivity index (χ4n) is 11.6. The molecule has 4 aliphatic rings. The van der Waals surface area contributed by atoms with Crippen LogP contribution < -0.4 is 21.3 Å². The van der Waals surface area contributed by atoms with E-state index >= 15 is 0 Å². The van der Waals surface area contributed by atoms with E-state index in [1.807, 2.05) is 80.7 Å². The summed E-state index contributed by atoms with van der Waals surface area (Å²) in [5, 5.41) is 11.6. The Bertz CT molecular complexity index is 2870. The number of likely N-dealkylation sites (N-methyl/N-ethyl adjacent to an activating group) is 1. The largest absolute Gasteiger partial charge is 0.450 e. The lowest BCUT2D eigenvalue weighted by Gasteiger charge is -2.31. The van der Waals surface area contributed by atoms with E-state index in [4.69, 9.17) is 4.74 Å². The van der Waals surface area contributed by atoms with E-state index in [1.54, 1.807) is 31.1 Å². The van der Waals surface area contributed by atoms with Gasteiger partial charge in [0.2, 0.25) is 18.2 Å². The summed E-state index contributed by atoms with van der Waals surface area (Å²) in [6, 6.07) is 33.1. The zero-order chi connectivity index (χ0) is 55.3. The van der Waals surface area contributed by atoms with Crippen molar-refractivity contribution in [2.24, 2.45) is 0 Å². The molecule has 77 heavy (non-hydrogen) atoms. The Labute approximate surface area is 455 Å². The van der Waals surface area contributed by atoms with Crippen molar-refractivity contribution in [3.05, 3.63) is 143 Å². The van der Waals surface area contributed by atoms with Crippen molar-refractivity contribution in [3.8, 4) is 22.3 Å². The number of carbonyl (C=O) groups excluding carboxylic acids is 6. The number of methoxy groups -OCH3 is 1. The highest BCUT2D eigenvalue weighted by Crippen LogP contribution is 2.56. The standard InChI is InChI=1S/C50H59N5O5.C10H11NO2.C3H8O/c1-7-60-48(59)53-44(31-15-9-8-10-16-31)47(58)55-28-14-22-39(55)46(57)52-35-20-12-18-33(30-35)41-37-24-26-49(2,3)42(37)40(36-23-25-50(4,5)43(36)41)32-17-11-19-34(29-32)51-45(56)38-21-13-27-54(38)6;12-7-10(11-8-13)6-9-4-2-1-3-5-9;1-3-4-2/h8-12,15-20,29-30,38-39,44H,7,13-14,21-28H2,1-6H3,(H,51,56)(H,52,57)(H,53,59);1-5,7-8,10H,6H2,(H,11,13);3H2,1-2H3. The van der Waals surface area contributed by atoms with Crippen molar-refractivity contribution in [1.29, 1.82) is 0 Å². The first-order chi connectivity index (χ1) is 37.0. The van der Waals surface area contributed by atoms with E-state index in [1.165, 1.54) is 33.4 Å².